The average Bonchev–Trinajstić information content (AvgIpc) is 3.15. The zero-order valence-corrected chi connectivity index (χ0v) is 15.1. The molecule has 1 amide bonds. The van der Waals surface area contributed by atoms with Gasteiger partial charge < -0.3 is 19.9 Å². The van der Waals surface area contributed by atoms with Gasteiger partial charge in [-0.3, -0.25) is 4.79 Å². The van der Waals surface area contributed by atoms with Crippen molar-refractivity contribution in [2.45, 2.75) is 25.5 Å². The first kappa shape index (κ1) is 17.5. The van der Waals surface area contributed by atoms with Crippen molar-refractivity contribution in [1.82, 2.24) is 15.1 Å². The Bertz CT molecular complexity index is 582. The Labute approximate surface area is 152 Å². The van der Waals surface area contributed by atoms with Crippen LogP contribution in [-0.4, -0.2) is 59.7 Å². The minimum Gasteiger partial charge on any atom is -0.368 e. The second-order valence-corrected chi connectivity index (χ2v) is 6.92. The molecule has 3 rings (SSSR count). The van der Waals surface area contributed by atoms with Crippen LogP contribution in [0.25, 0.3) is 0 Å². The maximum absolute atomic E-state index is 12.3. The number of amides is 1. The molecule has 0 unspecified atom stereocenters. The molecule has 0 spiro atoms. The van der Waals surface area contributed by atoms with E-state index in [1.165, 1.54) is 0 Å². The van der Waals surface area contributed by atoms with Gasteiger partial charge in [-0.1, -0.05) is 23.7 Å². The Morgan fingerprint density at radius 2 is 1.88 bits per heavy atom. The number of ether oxygens (including phenoxy) is 1. The van der Waals surface area contributed by atoms with Crippen LogP contribution in [0.3, 0.4) is 0 Å². The van der Waals surface area contributed by atoms with Crippen LogP contribution >= 0.6 is 23.8 Å². The van der Waals surface area contributed by atoms with Crippen LogP contribution in [0.2, 0.25) is 5.02 Å². The summed E-state index contributed by atoms with van der Waals surface area (Å²) in [7, 11) is 0. The molecule has 2 saturated heterocycles. The van der Waals surface area contributed by atoms with E-state index in [2.05, 4.69) is 10.2 Å². The molecule has 5 nitrogen and oxygen atoms in total. The van der Waals surface area contributed by atoms with E-state index < -0.39 is 0 Å². The van der Waals surface area contributed by atoms with Crippen LogP contribution in [0.5, 0.6) is 0 Å². The maximum atomic E-state index is 12.3. The van der Waals surface area contributed by atoms with Crippen molar-refractivity contribution in [3.63, 3.8) is 0 Å². The lowest BCUT2D eigenvalue weighted by Crippen LogP contribution is -2.54. The number of carbonyl (C=O) groups excluding carboxylic acids is 1. The third kappa shape index (κ3) is 4.37. The number of nitrogens with zero attached hydrogens (tertiary/aromatic N) is 2. The first-order chi connectivity index (χ1) is 11.6. The highest BCUT2D eigenvalue weighted by Crippen LogP contribution is 2.16. The predicted octanol–water partition coefficient (Wildman–Crippen LogP) is 2.04. The van der Waals surface area contributed by atoms with Crippen molar-refractivity contribution in [3.8, 4) is 0 Å². The van der Waals surface area contributed by atoms with E-state index in [0.717, 1.165) is 41.6 Å². The third-order valence-electron chi connectivity index (χ3n) is 4.44. The zero-order valence-electron chi connectivity index (χ0n) is 13.5. The van der Waals surface area contributed by atoms with Crippen molar-refractivity contribution in [2.24, 2.45) is 0 Å². The highest BCUT2D eigenvalue weighted by atomic mass is 35.5. The summed E-state index contributed by atoms with van der Waals surface area (Å²) < 4.78 is 5.49. The van der Waals surface area contributed by atoms with Gasteiger partial charge in [-0.25, -0.2) is 0 Å². The molecule has 24 heavy (non-hydrogen) atoms. The molecular formula is C17H22ClN3O2S. The number of benzene rings is 1. The van der Waals surface area contributed by atoms with Gasteiger partial charge in [0, 0.05) is 44.4 Å². The summed E-state index contributed by atoms with van der Waals surface area (Å²) in [4.78, 5) is 16.4. The minimum absolute atomic E-state index is 0.132. The summed E-state index contributed by atoms with van der Waals surface area (Å²) in [6.07, 6.45) is 1.60. The smallest absolute Gasteiger partial charge is 0.251 e. The van der Waals surface area contributed by atoms with Crippen LogP contribution in [0.4, 0.5) is 0 Å². The zero-order chi connectivity index (χ0) is 16.9. The van der Waals surface area contributed by atoms with E-state index in [0.29, 0.717) is 26.2 Å². The number of thiocarbonyl (C=S) groups is 1. The van der Waals surface area contributed by atoms with E-state index in [1.54, 1.807) is 0 Å². The van der Waals surface area contributed by atoms with Gasteiger partial charge in [0.2, 0.25) is 0 Å². The lowest BCUT2D eigenvalue weighted by Gasteiger charge is -2.37. The van der Waals surface area contributed by atoms with E-state index in [1.807, 2.05) is 29.2 Å². The Morgan fingerprint density at radius 1 is 1.21 bits per heavy atom. The second-order valence-electron chi connectivity index (χ2n) is 6.10. The molecule has 130 valence electrons. The third-order valence-corrected chi connectivity index (χ3v) is 5.10. The number of rotatable bonds is 3. The minimum atomic E-state index is -0.230. The number of piperazine rings is 1. The van der Waals surface area contributed by atoms with E-state index in [-0.39, 0.29) is 12.0 Å². The van der Waals surface area contributed by atoms with Crippen molar-refractivity contribution < 1.29 is 9.53 Å². The highest BCUT2D eigenvalue weighted by Gasteiger charge is 2.30. The van der Waals surface area contributed by atoms with E-state index in [4.69, 9.17) is 28.6 Å². The lowest BCUT2D eigenvalue weighted by atomic mass is 10.2. The number of hydrogen-bond acceptors (Lipinski definition) is 3. The highest BCUT2D eigenvalue weighted by molar-refractivity contribution is 7.80. The molecule has 2 heterocycles. The molecular weight excluding hydrogens is 346 g/mol. The molecule has 1 aromatic rings. The monoisotopic (exact) mass is 367 g/mol. The molecule has 2 aliphatic rings. The van der Waals surface area contributed by atoms with Crippen LogP contribution in [-0.2, 0) is 16.1 Å². The molecule has 0 saturated carbocycles. The molecule has 7 heteroatoms. The molecule has 1 N–H and O–H groups in total. The van der Waals surface area contributed by atoms with Crippen molar-refractivity contribution in [2.75, 3.05) is 32.8 Å². The van der Waals surface area contributed by atoms with Crippen molar-refractivity contribution in [3.05, 3.63) is 34.9 Å². The molecule has 0 radical (unpaired) electrons. The van der Waals surface area contributed by atoms with E-state index >= 15 is 0 Å². The number of hydrogen-bond donors (Lipinski definition) is 1. The van der Waals surface area contributed by atoms with E-state index in [9.17, 15) is 4.79 Å². The number of halogens is 1. The molecule has 0 aromatic heterocycles. The summed E-state index contributed by atoms with van der Waals surface area (Å²) in [5.74, 6) is 0.132. The van der Waals surface area contributed by atoms with Gasteiger partial charge in [-0.2, -0.15) is 0 Å². The fraction of sp³-hybridized carbons (Fsp3) is 0.529. The average molecular weight is 368 g/mol. The van der Waals surface area contributed by atoms with Gasteiger partial charge in [0.15, 0.2) is 5.11 Å². The Kier molecular flexibility index (Phi) is 5.92. The summed E-state index contributed by atoms with van der Waals surface area (Å²) in [5.41, 5.74) is 1.13. The Morgan fingerprint density at radius 3 is 2.50 bits per heavy atom. The summed E-state index contributed by atoms with van der Waals surface area (Å²) in [6, 6.07) is 7.71. The van der Waals surface area contributed by atoms with Crippen LogP contribution in [0.1, 0.15) is 18.4 Å². The first-order valence-corrected chi connectivity index (χ1v) is 9.10. The SMILES string of the molecule is O=C([C@H]1CCCO1)N1CCN(C(=S)NCc2ccc(Cl)cc2)CC1. The fourth-order valence-electron chi connectivity index (χ4n) is 3.00. The summed E-state index contributed by atoms with van der Waals surface area (Å²) in [5, 5.41) is 4.73. The molecule has 0 bridgehead atoms. The van der Waals surface area contributed by atoms with Gasteiger partial charge in [0.25, 0.3) is 5.91 Å². The molecule has 2 fully saturated rings. The molecule has 1 aromatic carbocycles. The quantitative estimate of drug-likeness (QED) is 0.828. The van der Waals surface area contributed by atoms with Crippen LogP contribution in [0, 0.1) is 0 Å². The fourth-order valence-corrected chi connectivity index (χ4v) is 3.38. The molecule has 2 aliphatic heterocycles. The lowest BCUT2D eigenvalue weighted by molar-refractivity contribution is -0.142. The normalized spacial score (nSPS) is 21.0. The Hall–Kier alpha value is -1.37. The van der Waals surface area contributed by atoms with Gasteiger partial charge >= 0.3 is 0 Å². The molecule has 0 aliphatic carbocycles. The van der Waals surface area contributed by atoms with Gasteiger partial charge in [-0.05, 0) is 42.8 Å². The van der Waals surface area contributed by atoms with Crippen molar-refractivity contribution in [1.29, 1.82) is 0 Å². The van der Waals surface area contributed by atoms with Crippen molar-refractivity contribution >= 4 is 34.8 Å². The standard InChI is InChI=1S/C17H22ClN3O2S/c18-14-5-3-13(4-6-14)12-19-17(24)21-9-7-20(8-10-21)16(22)15-2-1-11-23-15/h3-6,15H,1-2,7-12H2,(H,19,24)/t15-/m1/s1. The van der Waals surface area contributed by atoms with Gasteiger partial charge in [0.1, 0.15) is 6.10 Å². The summed E-state index contributed by atoms with van der Waals surface area (Å²) >= 11 is 11.4. The molecule has 1 atom stereocenters. The first-order valence-electron chi connectivity index (χ1n) is 8.31. The predicted molar refractivity (Wildman–Crippen MR) is 98.0 cm³/mol. The maximum Gasteiger partial charge on any atom is 0.251 e. The number of carbonyl (C=O) groups is 1. The summed E-state index contributed by atoms with van der Waals surface area (Å²) in [6.45, 7) is 4.28. The van der Waals surface area contributed by atoms with Crippen LogP contribution in [0.15, 0.2) is 24.3 Å². The Balaban J connectivity index is 1.43. The second kappa shape index (κ2) is 8.14. The van der Waals surface area contributed by atoms with Gasteiger partial charge in [0.05, 0.1) is 0 Å². The number of nitrogens with one attached hydrogen (secondary N) is 1. The van der Waals surface area contributed by atoms with Gasteiger partial charge in [-0.15, -0.1) is 0 Å². The van der Waals surface area contributed by atoms with Crippen LogP contribution < -0.4 is 5.32 Å². The largest absolute Gasteiger partial charge is 0.368 e. The topological polar surface area (TPSA) is 44.8 Å².